The summed E-state index contributed by atoms with van der Waals surface area (Å²) in [5, 5.41) is 3.20. The van der Waals surface area contributed by atoms with Crippen LogP contribution in [0.2, 0.25) is 0 Å². The van der Waals surface area contributed by atoms with E-state index in [4.69, 9.17) is 0 Å². The van der Waals surface area contributed by atoms with Crippen LogP contribution in [0.15, 0.2) is 33.6 Å². The van der Waals surface area contributed by atoms with Crippen molar-refractivity contribution in [3.05, 3.63) is 28.7 Å². The molecule has 5 heteroatoms. The lowest BCUT2D eigenvalue weighted by molar-refractivity contribution is 0.425. The third-order valence-electron chi connectivity index (χ3n) is 4.16. The Morgan fingerprint density at radius 3 is 2.75 bits per heavy atom. The van der Waals surface area contributed by atoms with Gasteiger partial charge in [-0.25, -0.2) is 8.42 Å². The Kier molecular flexibility index (Phi) is 5.26. The third kappa shape index (κ3) is 3.26. The van der Waals surface area contributed by atoms with Gasteiger partial charge in [0.1, 0.15) is 0 Å². The molecular formula is C15H22BrNO2S. The van der Waals surface area contributed by atoms with Crippen LogP contribution in [0, 0.1) is 5.92 Å². The molecule has 1 N–H and O–H groups in total. The maximum Gasteiger partial charge on any atom is 0.181 e. The molecule has 0 saturated heterocycles. The Labute approximate surface area is 130 Å². The van der Waals surface area contributed by atoms with Crippen LogP contribution < -0.4 is 5.32 Å². The van der Waals surface area contributed by atoms with Gasteiger partial charge in [-0.3, -0.25) is 0 Å². The molecule has 0 spiro atoms. The zero-order valence-corrected chi connectivity index (χ0v) is 14.4. The van der Waals surface area contributed by atoms with Gasteiger partial charge in [-0.2, -0.15) is 0 Å². The Balaban J connectivity index is 2.19. The molecule has 0 bridgehead atoms. The van der Waals surface area contributed by atoms with Gasteiger partial charge in [-0.05, 0) is 49.9 Å². The quantitative estimate of drug-likeness (QED) is 0.876. The van der Waals surface area contributed by atoms with E-state index in [1.54, 1.807) is 18.2 Å². The van der Waals surface area contributed by atoms with Crippen molar-refractivity contribution in [3.63, 3.8) is 0 Å². The second-order valence-corrected chi connectivity index (χ2v) is 8.62. The van der Waals surface area contributed by atoms with Crippen LogP contribution in [0.1, 0.15) is 33.1 Å². The second kappa shape index (κ2) is 6.58. The van der Waals surface area contributed by atoms with E-state index >= 15 is 0 Å². The molecule has 1 aliphatic carbocycles. The molecule has 1 aliphatic rings. The largest absolute Gasteiger partial charge is 0.314 e. The number of nitrogens with one attached hydrogen (secondary N) is 1. The zero-order valence-electron chi connectivity index (χ0n) is 12.0. The lowest BCUT2D eigenvalue weighted by Gasteiger charge is -2.22. The maximum atomic E-state index is 12.8. The van der Waals surface area contributed by atoms with Crippen LogP contribution in [0.3, 0.4) is 0 Å². The molecule has 1 fully saturated rings. The molecule has 20 heavy (non-hydrogen) atoms. The zero-order chi connectivity index (χ0) is 14.8. The summed E-state index contributed by atoms with van der Waals surface area (Å²) in [4.78, 5) is 0.430. The van der Waals surface area contributed by atoms with Gasteiger partial charge in [-0.1, -0.05) is 35.8 Å². The van der Waals surface area contributed by atoms with E-state index in [2.05, 4.69) is 35.1 Å². The predicted octanol–water partition coefficient (Wildman–Crippen LogP) is 3.39. The normalized spacial score (nSPS) is 26.9. The summed E-state index contributed by atoms with van der Waals surface area (Å²) in [5.74, 6) is 0.158. The minimum atomic E-state index is -3.24. The first-order valence-corrected chi connectivity index (χ1v) is 9.53. The first-order valence-electron chi connectivity index (χ1n) is 7.19. The summed E-state index contributed by atoms with van der Waals surface area (Å²) in [7, 11) is -3.24. The van der Waals surface area contributed by atoms with Gasteiger partial charge in [0.25, 0.3) is 0 Å². The fourth-order valence-electron chi connectivity index (χ4n) is 3.00. The van der Waals surface area contributed by atoms with Crippen molar-refractivity contribution in [2.75, 3.05) is 6.54 Å². The number of rotatable bonds is 5. The van der Waals surface area contributed by atoms with E-state index in [0.717, 1.165) is 30.3 Å². The molecule has 3 nitrogen and oxygen atoms in total. The fourth-order valence-corrected chi connectivity index (χ4v) is 5.66. The number of benzene rings is 1. The van der Waals surface area contributed by atoms with E-state index in [0.29, 0.717) is 10.9 Å². The lowest BCUT2D eigenvalue weighted by Crippen LogP contribution is -2.36. The molecule has 0 amide bonds. The predicted molar refractivity (Wildman–Crippen MR) is 85.6 cm³/mol. The topological polar surface area (TPSA) is 46.2 Å². The van der Waals surface area contributed by atoms with E-state index in [1.807, 2.05) is 6.07 Å². The average Bonchev–Trinajstić information content (AvgIpc) is 2.78. The molecule has 0 heterocycles. The van der Waals surface area contributed by atoms with Crippen LogP contribution in [0.5, 0.6) is 0 Å². The summed E-state index contributed by atoms with van der Waals surface area (Å²) >= 11 is 3.35. The molecule has 3 atom stereocenters. The van der Waals surface area contributed by atoms with Gasteiger partial charge in [-0.15, -0.1) is 0 Å². The summed E-state index contributed by atoms with van der Waals surface area (Å²) < 4.78 is 26.3. The Hall–Kier alpha value is -0.390. The van der Waals surface area contributed by atoms with Crippen molar-refractivity contribution in [3.8, 4) is 0 Å². The van der Waals surface area contributed by atoms with Crippen molar-refractivity contribution < 1.29 is 8.42 Å². The van der Waals surface area contributed by atoms with E-state index in [1.165, 1.54) is 0 Å². The second-order valence-electron chi connectivity index (χ2n) is 5.54. The average molecular weight is 360 g/mol. The molecule has 2 rings (SSSR count). The Morgan fingerprint density at radius 1 is 1.35 bits per heavy atom. The smallest absolute Gasteiger partial charge is 0.181 e. The lowest BCUT2D eigenvalue weighted by atomic mass is 10.1. The van der Waals surface area contributed by atoms with Crippen molar-refractivity contribution in [2.24, 2.45) is 5.92 Å². The standard InChI is InChI=1S/C15H22BrNO2S/c1-3-9-17-14-7-8-15(11(14)2)20(18,19)13-6-4-5-12(16)10-13/h4-6,10-11,14-15,17H,3,7-9H2,1-2H3. The van der Waals surface area contributed by atoms with E-state index in [9.17, 15) is 8.42 Å². The monoisotopic (exact) mass is 359 g/mol. The van der Waals surface area contributed by atoms with Crippen molar-refractivity contribution in [2.45, 2.75) is 49.3 Å². The molecule has 1 aromatic carbocycles. The molecule has 0 aliphatic heterocycles. The number of halogens is 1. The van der Waals surface area contributed by atoms with E-state index in [-0.39, 0.29) is 11.2 Å². The molecule has 112 valence electrons. The summed E-state index contributed by atoms with van der Waals surface area (Å²) in [5.41, 5.74) is 0. The highest BCUT2D eigenvalue weighted by molar-refractivity contribution is 9.10. The van der Waals surface area contributed by atoms with Gasteiger partial charge in [0.05, 0.1) is 10.1 Å². The Bertz CT molecular complexity index is 559. The fraction of sp³-hybridized carbons (Fsp3) is 0.600. The van der Waals surface area contributed by atoms with Crippen molar-refractivity contribution >= 4 is 25.8 Å². The number of sulfone groups is 1. The minimum Gasteiger partial charge on any atom is -0.314 e. The maximum absolute atomic E-state index is 12.8. The van der Waals surface area contributed by atoms with Crippen LogP contribution in [-0.2, 0) is 9.84 Å². The van der Waals surface area contributed by atoms with Gasteiger partial charge in [0.15, 0.2) is 9.84 Å². The van der Waals surface area contributed by atoms with Crippen molar-refractivity contribution in [1.29, 1.82) is 0 Å². The molecule has 1 saturated carbocycles. The number of hydrogen-bond acceptors (Lipinski definition) is 3. The van der Waals surface area contributed by atoms with Crippen LogP contribution in [0.25, 0.3) is 0 Å². The summed E-state index contributed by atoms with van der Waals surface area (Å²) in [6.45, 7) is 5.14. The van der Waals surface area contributed by atoms with Crippen LogP contribution in [0.4, 0.5) is 0 Å². The molecule has 0 aromatic heterocycles. The highest BCUT2D eigenvalue weighted by Gasteiger charge is 2.41. The number of hydrogen-bond donors (Lipinski definition) is 1. The summed E-state index contributed by atoms with van der Waals surface area (Å²) in [6.07, 6.45) is 2.77. The highest BCUT2D eigenvalue weighted by atomic mass is 79.9. The van der Waals surface area contributed by atoms with Crippen LogP contribution >= 0.6 is 15.9 Å². The molecule has 0 radical (unpaired) electrons. The third-order valence-corrected chi connectivity index (χ3v) is 7.03. The highest BCUT2D eigenvalue weighted by Crippen LogP contribution is 2.35. The first kappa shape index (κ1) is 16.0. The Morgan fingerprint density at radius 2 is 2.10 bits per heavy atom. The van der Waals surface area contributed by atoms with Crippen LogP contribution in [-0.4, -0.2) is 26.3 Å². The van der Waals surface area contributed by atoms with Crippen molar-refractivity contribution in [1.82, 2.24) is 5.32 Å². The summed E-state index contributed by atoms with van der Waals surface area (Å²) in [6, 6.07) is 7.35. The van der Waals surface area contributed by atoms with Gasteiger partial charge >= 0.3 is 0 Å². The van der Waals surface area contributed by atoms with Gasteiger partial charge < -0.3 is 5.32 Å². The van der Waals surface area contributed by atoms with E-state index < -0.39 is 9.84 Å². The molecule has 1 aromatic rings. The van der Waals surface area contributed by atoms with Gasteiger partial charge in [0.2, 0.25) is 0 Å². The SMILES string of the molecule is CCCNC1CCC(S(=O)(=O)c2cccc(Br)c2)C1C. The first-order chi connectivity index (χ1) is 9.46. The molecule has 3 unspecified atom stereocenters. The molecular weight excluding hydrogens is 338 g/mol. The minimum absolute atomic E-state index is 0.158. The van der Waals surface area contributed by atoms with Gasteiger partial charge in [0, 0.05) is 10.5 Å².